The monoisotopic (exact) mass is 292 g/mol. The Morgan fingerprint density at radius 3 is 2.33 bits per heavy atom. The van der Waals surface area contributed by atoms with Crippen LogP contribution in [0.2, 0.25) is 0 Å². The average molecular weight is 292 g/mol. The van der Waals surface area contributed by atoms with Crippen molar-refractivity contribution in [3.05, 3.63) is 17.7 Å². The molecule has 0 unspecified atom stereocenters. The molecule has 0 fully saturated rings. The number of rotatable bonds is 8. The summed E-state index contributed by atoms with van der Waals surface area (Å²) < 4.78 is 15.7. The van der Waals surface area contributed by atoms with Crippen LogP contribution in [-0.4, -0.2) is 40.3 Å². The lowest BCUT2D eigenvalue weighted by Gasteiger charge is -2.14. The number of ether oxygens (including phenoxy) is 3. The zero-order valence-corrected chi connectivity index (χ0v) is 12.5. The highest BCUT2D eigenvalue weighted by atomic mass is 16.5. The van der Waals surface area contributed by atoms with E-state index in [0.717, 1.165) is 5.56 Å². The van der Waals surface area contributed by atoms with Crippen molar-refractivity contribution in [2.45, 2.75) is 6.54 Å². The van der Waals surface area contributed by atoms with Gasteiger partial charge >= 0.3 is 0 Å². The number of hydrogen-bond acceptors (Lipinski definition) is 5. The minimum absolute atomic E-state index is 0.151. The van der Waals surface area contributed by atoms with Gasteiger partial charge in [-0.1, -0.05) is 5.92 Å². The van der Waals surface area contributed by atoms with E-state index in [0.29, 0.717) is 30.3 Å². The van der Waals surface area contributed by atoms with Crippen LogP contribution in [0, 0.1) is 12.3 Å². The molecule has 0 bridgehead atoms. The van der Waals surface area contributed by atoms with Crippen LogP contribution < -0.4 is 24.8 Å². The van der Waals surface area contributed by atoms with Crippen LogP contribution in [0.15, 0.2) is 12.1 Å². The summed E-state index contributed by atoms with van der Waals surface area (Å²) in [6.07, 6.45) is 5.09. The van der Waals surface area contributed by atoms with E-state index in [1.807, 2.05) is 0 Å². The molecule has 0 atom stereocenters. The van der Waals surface area contributed by atoms with Crippen LogP contribution in [-0.2, 0) is 11.3 Å². The number of benzene rings is 1. The number of hydrogen-bond donors (Lipinski definition) is 2. The number of carbonyl (C=O) groups excluding carboxylic acids is 1. The Hall–Kier alpha value is -2.39. The first-order valence-corrected chi connectivity index (χ1v) is 6.36. The molecule has 6 heteroatoms. The Morgan fingerprint density at radius 1 is 1.14 bits per heavy atom. The van der Waals surface area contributed by atoms with Crippen molar-refractivity contribution in [3.8, 4) is 29.6 Å². The molecule has 114 valence electrons. The zero-order valence-electron chi connectivity index (χ0n) is 12.5. The normalized spacial score (nSPS) is 9.62. The smallest absolute Gasteiger partial charge is 0.234 e. The first-order chi connectivity index (χ1) is 10.2. The largest absolute Gasteiger partial charge is 0.496 e. The summed E-state index contributed by atoms with van der Waals surface area (Å²) in [6.45, 7) is 0.840. The van der Waals surface area contributed by atoms with Crippen molar-refractivity contribution in [1.29, 1.82) is 0 Å². The molecule has 6 nitrogen and oxygen atoms in total. The van der Waals surface area contributed by atoms with E-state index in [1.54, 1.807) is 33.5 Å². The van der Waals surface area contributed by atoms with Gasteiger partial charge in [-0.25, -0.2) is 0 Å². The van der Waals surface area contributed by atoms with E-state index < -0.39 is 0 Å². The Labute approximate surface area is 124 Å². The summed E-state index contributed by atoms with van der Waals surface area (Å²) in [5, 5.41) is 5.59. The Bertz CT molecular complexity index is 523. The summed E-state index contributed by atoms with van der Waals surface area (Å²) in [4.78, 5) is 11.6. The third-order valence-electron chi connectivity index (χ3n) is 2.78. The summed E-state index contributed by atoms with van der Waals surface area (Å²) in [7, 11) is 4.66. The third-order valence-corrected chi connectivity index (χ3v) is 2.78. The number of carbonyl (C=O) groups is 1. The van der Waals surface area contributed by atoms with Gasteiger partial charge in [0.25, 0.3) is 0 Å². The summed E-state index contributed by atoms with van der Waals surface area (Å²) in [5.74, 6) is 4.01. The molecule has 0 heterocycles. The molecule has 0 radical (unpaired) electrons. The fourth-order valence-corrected chi connectivity index (χ4v) is 1.74. The Kier molecular flexibility index (Phi) is 6.92. The molecule has 0 aliphatic heterocycles. The van der Waals surface area contributed by atoms with Gasteiger partial charge in [0.2, 0.25) is 5.91 Å². The van der Waals surface area contributed by atoms with Gasteiger partial charge < -0.3 is 19.5 Å². The molecular formula is C15H20N2O4. The molecule has 1 rings (SSSR count). The second kappa shape index (κ2) is 8.72. The van der Waals surface area contributed by atoms with Crippen LogP contribution >= 0.6 is 0 Å². The first-order valence-electron chi connectivity index (χ1n) is 6.36. The van der Waals surface area contributed by atoms with E-state index in [2.05, 4.69) is 16.6 Å². The predicted octanol–water partition coefficient (Wildman–Crippen LogP) is 0.551. The van der Waals surface area contributed by atoms with Gasteiger partial charge in [0.05, 0.1) is 34.4 Å². The molecule has 21 heavy (non-hydrogen) atoms. The van der Waals surface area contributed by atoms with Crippen molar-refractivity contribution in [2.75, 3.05) is 34.4 Å². The molecule has 0 aliphatic rings. The molecule has 2 N–H and O–H groups in total. The highest BCUT2D eigenvalue weighted by molar-refractivity contribution is 5.78. The maximum absolute atomic E-state index is 11.6. The van der Waals surface area contributed by atoms with Gasteiger partial charge in [-0.2, -0.15) is 0 Å². The van der Waals surface area contributed by atoms with Crippen LogP contribution in [0.4, 0.5) is 0 Å². The molecule has 1 amide bonds. The van der Waals surface area contributed by atoms with Crippen molar-refractivity contribution < 1.29 is 19.0 Å². The van der Waals surface area contributed by atoms with Crippen LogP contribution in [0.1, 0.15) is 5.56 Å². The first kappa shape index (κ1) is 16.7. The quantitative estimate of drug-likeness (QED) is 0.541. The van der Waals surface area contributed by atoms with E-state index in [1.165, 1.54) is 0 Å². The van der Waals surface area contributed by atoms with Crippen LogP contribution in [0.25, 0.3) is 0 Å². The fourth-order valence-electron chi connectivity index (χ4n) is 1.74. The van der Waals surface area contributed by atoms with Gasteiger partial charge in [-0.3, -0.25) is 10.1 Å². The van der Waals surface area contributed by atoms with Gasteiger partial charge in [-0.15, -0.1) is 6.42 Å². The Morgan fingerprint density at radius 2 is 1.76 bits per heavy atom. The van der Waals surface area contributed by atoms with Crippen LogP contribution in [0.3, 0.4) is 0 Å². The molecule has 0 saturated heterocycles. The highest BCUT2D eigenvalue weighted by Crippen LogP contribution is 2.34. The lowest BCUT2D eigenvalue weighted by Crippen LogP contribution is -2.33. The summed E-state index contributed by atoms with van der Waals surface area (Å²) >= 11 is 0. The highest BCUT2D eigenvalue weighted by Gasteiger charge is 2.12. The van der Waals surface area contributed by atoms with Crippen molar-refractivity contribution in [1.82, 2.24) is 10.6 Å². The number of methoxy groups -OCH3 is 3. The Balaban J connectivity index is 2.73. The molecule has 0 spiro atoms. The predicted molar refractivity (Wildman–Crippen MR) is 79.6 cm³/mol. The second-order valence-corrected chi connectivity index (χ2v) is 4.10. The average Bonchev–Trinajstić information content (AvgIpc) is 2.52. The lowest BCUT2D eigenvalue weighted by molar-refractivity contribution is -0.120. The van der Waals surface area contributed by atoms with Gasteiger partial charge in [0.15, 0.2) is 11.5 Å². The van der Waals surface area contributed by atoms with Crippen molar-refractivity contribution >= 4 is 5.91 Å². The molecule has 1 aromatic carbocycles. The van der Waals surface area contributed by atoms with Crippen LogP contribution in [0.5, 0.6) is 17.2 Å². The maximum atomic E-state index is 11.6. The van der Waals surface area contributed by atoms with Crippen molar-refractivity contribution in [2.24, 2.45) is 0 Å². The molecule has 1 aromatic rings. The summed E-state index contributed by atoms with van der Waals surface area (Å²) in [6, 6.07) is 3.49. The fraction of sp³-hybridized carbons (Fsp3) is 0.400. The molecule has 0 aromatic heterocycles. The van der Waals surface area contributed by atoms with E-state index in [9.17, 15) is 4.79 Å². The lowest BCUT2D eigenvalue weighted by atomic mass is 10.1. The minimum atomic E-state index is -0.151. The van der Waals surface area contributed by atoms with E-state index in [4.69, 9.17) is 20.6 Å². The minimum Gasteiger partial charge on any atom is -0.496 e. The van der Waals surface area contributed by atoms with Gasteiger partial charge in [0, 0.05) is 18.2 Å². The zero-order chi connectivity index (χ0) is 15.7. The van der Waals surface area contributed by atoms with Gasteiger partial charge in [-0.05, 0) is 6.07 Å². The number of nitrogens with one attached hydrogen (secondary N) is 2. The standard InChI is InChI=1S/C15H20N2O4/c1-5-6-16-10-15(18)17-9-11-7-13(20-3)14(21-4)8-12(11)19-2/h1,7-8,16H,6,9-10H2,2-4H3,(H,17,18). The maximum Gasteiger partial charge on any atom is 0.234 e. The van der Waals surface area contributed by atoms with Crippen molar-refractivity contribution in [3.63, 3.8) is 0 Å². The number of terminal acetylenes is 1. The molecular weight excluding hydrogens is 272 g/mol. The molecule has 0 saturated carbocycles. The van der Waals surface area contributed by atoms with E-state index in [-0.39, 0.29) is 12.5 Å². The summed E-state index contributed by atoms with van der Waals surface area (Å²) in [5.41, 5.74) is 0.792. The number of amides is 1. The van der Waals surface area contributed by atoms with E-state index >= 15 is 0 Å². The topological polar surface area (TPSA) is 68.8 Å². The van der Waals surface area contributed by atoms with Gasteiger partial charge in [0.1, 0.15) is 5.75 Å². The molecule has 0 aliphatic carbocycles. The second-order valence-electron chi connectivity index (χ2n) is 4.10. The SMILES string of the molecule is C#CCNCC(=O)NCc1cc(OC)c(OC)cc1OC. The third kappa shape index (κ3) is 4.89.